The zero-order valence-electron chi connectivity index (χ0n) is 12.8. The van der Waals surface area contributed by atoms with Crippen LogP contribution in [0.25, 0.3) is 0 Å². The molecule has 1 aromatic rings. The summed E-state index contributed by atoms with van der Waals surface area (Å²) in [6.45, 7) is 4.33. The van der Waals surface area contributed by atoms with Crippen LogP contribution >= 0.6 is 0 Å². The van der Waals surface area contributed by atoms with E-state index in [1.54, 1.807) is 0 Å². The fourth-order valence-corrected chi connectivity index (χ4v) is 2.30. The van der Waals surface area contributed by atoms with Crippen molar-refractivity contribution >= 4 is 11.9 Å². The molecule has 1 N–H and O–H groups in total. The molecule has 116 valence electrons. The molecule has 5 nitrogen and oxygen atoms in total. The fourth-order valence-electron chi connectivity index (χ4n) is 2.30. The van der Waals surface area contributed by atoms with Crippen molar-refractivity contribution in [2.24, 2.45) is 0 Å². The third-order valence-electron chi connectivity index (χ3n) is 3.44. The first-order valence-corrected chi connectivity index (χ1v) is 6.99. The van der Waals surface area contributed by atoms with Gasteiger partial charge in [0.15, 0.2) is 0 Å². The lowest BCUT2D eigenvalue weighted by Gasteiger charge is -2.23. The Labute approximate surface area is 125 Å². The second kappa shape index (κ2) is 8.42. The normalized spacial score (nSPS) is 12.0. The molecule has 0 aliphatic heterocycles. The number of carbonyl (C=O) groups is 2. The molecule has 0 aliphatic carbocycles. The van der Waals surface area contributed by atoms with E-state index >= 15 is 0 Å². The molecule has 1 rings (SSSR count). The molecule has 0 spiro atoms. The first-order chi connectivity index (χ1) is 9.95. The molecule has 0 bridgehead atoms. The molecule has 0 saturated heterocycles. The van der Waals surface area contributed by atoms with Gasteiger partial charge in [-0.1, -0.05) is 31.2 Å². The maximum Gasteiger partial charge on any atom is 0.323 e. The van der Waals surface area contributed by atoms with Crippen LogP contribution in [-0.4, -0.2) is 48.7 Å². The third kappa shape index (κ3) is 5.55. The summed E-state index contributed by atoms with van der Waals surface area (Å²) in [6.07, 6.45) is 0.293. The van der Waals surface area contributed by atoms with Crippen LogP contribution in [-0.2, 0) is 14.3 Å². The van der Waals surface area contributed by atoms with E-state index in [4.69, 9.17) is 9.84 Å². The largest absolute Gasteiger partial charge is 0.480 e. The summed E-state index contributed by atoms with van der Waals surface area (Å²) in [4.78, 5) is 24.5. The minimum absolute atomic E-state index is 0.0533. The number of hydrogen-bond acceptors (Lipinski definition) is 3. The van der Waals surface area contributed by atoms with E-state index in [0.717, 1.165) is 11.1 Å². The molecular formula is C16H23NO4. The topological polar surface area (TPSA) is 66.8 Å². The molecule has 1 aromatic carbocycles. The number of hydrogen-bond donors (Lipinski definition) is 1. The number of benzene rings is 1. The van der Waals surface area contributed by atoms with Gasteiger partial charge in [0.2, 0.25) is 5.91 Å². The molecule has 5 heteroatoms. The zero-order valence-corrected chi connectivity index (χ0v) is 12.8. The van der Waals surface area contributed by atoms with E-state index < -0.39 is 5.97 Å². The average molecular weight is 293 g/mol. The maximum atomic E-state index is 12.3. The Morgan fingerprint density at radius 2 is 2.00 bits per heavy atom. The van der Waals surface area contributed by atoms with Crippen molar-refractivity contribution in [2.75, 3.05) is 26.8 Å². The van der Waals surface area contributed by atoms with Gasteiger partial charge in [-0.3, -0.25) is 9.59 Å². The van der Waals surface area contributed by atoms with E-state index in [9.17, 15) is 9.59 Å². The molecule has 0 heterocycles. The number of amides is 1. The number of carbonyl (C=O) groups excluding carboxylic acids is 1. The maximum absolute atomic E-state index is 12.3. The van der Waals surface area contributed by atoms with Gasteiger partial charge in [-0.2, -0.15) is 0 Å². The third-order valence-corrected chi connectivity index (χ3v) is 3.44. The van der Waals surface area contributed by atoms with Crippen molar-refractivity contribution in [1.82, 2.24) is 4.90 Å². The Balaban J connectivity index is 2.71. The molecule has 0 saturated carbocycles. The Hall–Kier alpha value is -1.88. The minimum Gasteiger partial charge on any atom is -0.480 e. The number of carboxylic acids is 1. The van der Waals surface area contributed by atoms with Gasteiger partial charge in [0, 0.05) is 20.1 Å². The Morgan fingerprint density at radius 3 is 2.57 bits per heavy atom. The molecule has 1 atom stereocenters. The van der Waals surface area contributed by atoms with Crippen molar-refractivity contribution in [1.29, 1.82) is 0 Å². The Morgan fingerprint density at radius 1 is 1.33 bits per heavy atom. The highest BCUT2D eigenvalue weighted by atomic mass is 16.5. The number of ether oxygens (including phenoxy) is 1. The van der Waals surface area contributed by atoms with Crippen molar-refractivity contribution in [3.63, 3.8) is 0 Å². The molecule has 1 amide bonds. The van der Waals surface area contributed by atoms with Gasteiger partial charge < -0.3 is 14.7 Å². The van der Waals surface area contributed by atoms with Gasteiger partial charge >= 0.3 is 5.97 Å². The number of aliphatic carboxylic acids is 1. The monoisotopic (exact) mass is 293 g/mol. The van der Waals surface area contributed by atoms with E-state index in [2.05, 4.69) is 0 Å². The van der Waals surface area contributed by atoms with Gasteiger partial charge in [-0.05, 0) is 24.0 Å². The van der Waals surface area contributed by atoms with Crippen LogP contribution in [0, 0.1) is 6.92 Å². The molecule has 0 fully saturated rings. The average Bonchev–Trinajstić information content (AvgIpc) is 2.43. The van der Waals surface area contributed by atoms with Crippen LogP contribution in [0.1, 0.15) is 30.4 Å². The number of nitrogens with zero attached hydrogens (tertiary/aromatic N) is 1. The van der Waals surface area contributed by atoms with Crippen molar-refractivity contribution in [2.45, 2.75) is 26.2 Å². The van der Waals surface area contributed by atoms with E-state index in [1.165, 1.54) is 12.0 Å². The summed E-state index contributed by atoms with van der Waals surface area (Å²) in [5.74, 6) is -1.12. The molecule has 21 heavy (non-hydrogen) atoms. The second-order valence-corrected chi connectivity index (χ2v) is 5.16. The lowest BCUT2D eigenvalue weighted by Crippen LogP contribution is -2.38. The highest BCUT2D eigenvalue weighted by Crippen LogP contribution is 2.23. The fraction of sp³-hybridized carbons (Fsp3) is 0.500. The Kier molecular flexibility index (Phi) is 6.88. The smallest absolute Gasteiger partial charge is 0.323 e. The van der Waals surface area contributed by atoms with Gasteiger partial charge in [-0.15, -0.1) is 0 Å². The summed E-state index contributed by atoms with van der Waals surface area (Å²) >= 11 is 0. The highest BCUT2D eigenvalue weighted by Gasteiger charge is 2.20. The second-order valence-electron chi connectivity index (χ2n) is 5.16. The summed E-state index contributed by atoms with van der Waals surface area (Å²) in [5, 5.41) is 8.89. The van der Waals surface area contributed by atoms with Crippen LogP contribution in [0.5, 0.6) is 0 Å². The number of aryl methyl sites for hydroxylation is 1. The quantitative estimate of drug-likeness (QED) is 0.796. The number of rotatable bonds is 8. The van der Waals surface area contributed by atoms with Crippen molar-refractivity contribution in [3.05, 3.63) is 35.4 Å². The van der Waals surface area contributed by atoms with E-state index in [-0.39, 0.29) is 18.4 Å². The van der Waals surface area contributed by atoms with Crippen LogP contribution < -0.4 is 0 Å². The van der Waals surface area contributed by atoms with Gasteiger partial charge in [0.05, 0.1) is 6.61 Å². The van der Waals surface area contributed by atoms with Crippen molar-refractivity contribution in [3.8, 4) is 0 Å². The molecule has 0 aromatic heterocycles. The van der Waals surface area contributed by atoms with Crippen LogP contribution in [0.2, 0.25) is 0 Å². The molecule has 0 aliphatic rings. The molecule has 1 unspecified atom stereocenters. The lowest BCUT2D eigenvalue weighted by molar-refractivity contribution is -0.145. The standard InChI is InChI=1S/C16H23NO4/c1-12-6-4-5-7-14(12)13(2)10-15(18)17(8-9-21-3)11-16(19)20/h4-7,13H,8-11H2,1-3H3,(H,19,20). The summed E-state index contributed by atoms with van der Waals surface area (Å²) in [7, 11) is 1.53. The summed E-state index contributed by atoms with van der Waals surface area (Å²) in [5.41, 5.74) is 2.26. The van der Waals surface area contributed by atoms with E-state index in [0.29, 0.717) is 19.6 Å². The predicted molar refractivity (Wildman–Crippen MR) is 80.3 cm³/mol. The summed E-state index contributed by atoms with van der Waals surface area (Å²) < 4.78 is 4.93. The molecular weight excluding hydrogens is 270 g/mol. The van der Waals surface area contributed by atoms with Crippen LogP contribution in [0.3, 0.4) is 0 Å². The summed E-state index contributed by atoms with van der Waals surface area (Å²) in [6, 6.07) is 7.92. The van der Waals surface area contributed by atoms with Gasteiger partial charge in [0.25, 0.3) is 0 Å². The zero-order chi connectivity index (χ0) is 15.8. The van der Waals surface area contributed by atoms with Crippen LogP contribution in [0.15, 0.2) is 24.3 Å². The number of methoxy groups -OCH3 is 1. The SMILES string of the molecule is COCCN(CC(=O)O)C(=O)CC(C)c1ccccc1C. The van der Waals surface area contributed by atoms with Gasteiger partial charge in [-0.25, -0.2) is 0 Å². The number of carboxylic acid groups (broad SMARTS) is 1. The van der Waals surface area contributed by atoms with Crippen LogP contribution in [0.4, 0.5) is 0 Å². The first kappa shape index (κ1) is 17.2. The first-order valence-electron chi connectivity index (χ1n) is 6.99. The van der Waals surface area contributed by atoms with Crippen molar-refractivity contribution < 1.29 is 19.4 Å². The minimum atomic E-state index is -1.01. The predicted octanol–water partition coefficient (Wildman–Crippen LogP) is 2.05. The molecule has 0 radical (unpaired) electrons. The van der Waals surface area contributed by atoms with Gasteiger partial charge in [0.1, 0.15) is 6.54 Å². The highest BCUT2D eigenvalue weighted by molar-refractivity contribution is 5.81. The lowest BCUT2D eigenvalue weighted by atomic mass is 9.93. The van der Waals surface area contributed by atoms with E-state index in [1.807, 2.05) is 38.1 Å². The Bertz CT molecular complexity index is 487.